The van der Waals surface area contributed by atoms with Gasteiger partial charge >= 0.3 is 0 Å². The Morgan fingerprint density at radius 1 is 0.935 bits per heavy atom. The molecule has 1 fully saturated rings. The van der Waals surface area contributed by atoms with Crippen molar-refractivity contribution in [1.29, 1.82) is 0 Å². The van der Waals surface area contributed by atoms with Crippen molar-refractivity contribution in [2.24, 2.45) is 0 Å². The largest absolute Gasteiger partial charge is 0.497 e. The van der Waals surface area contributed by atoms with E-state index in [2.05, 4.69) is 68.6 Å². The maximum atomic E-state index is 5.29. The molecule has 0 spiro atoms. The van der Waals surface area contributed by atoms with Crippen LogP contribution in [0.25, 0.3) is 0 Å². The highest BCUT2D eigenvalue weighted by atomic mass is 16.5. The van der Waals surface area contributed by atoms with Crippen LogP contribution in [0.15, 0.2) is 48.5 Å². The Balaban J connectivity index is 1.55. The molecule has 1 aromatic heterocycles. The van der Waals surface area contributed by atoms with E-state index in [4.69, 9.17) is 9.47 Å². The molecule has 0 unspecified atom stereocenters. The van der Waals surface area contributed by atoms with Gasteiger partial charge in [0, 0.05) is 39.0 Å². The fourth-order valence-corrected chi connectivity index (χ4v) is 4.05. The Bertz CT molecular complexity index is 949. The summed E-state index contributed by atoms with van der Waals surface area (Å²) in [5.74, 6) is 1.74. The van der Waals surface area contributed by atoms with Crippen molar-refractivity contribution >= 4 is 5.69 Å². The van der Waals surface area contributed by atoms with Gasteiger partial charge in [-0.05, 0) is 47.2 Å². The molecule has 164 valence electrons. The van der Waals surface area contributed by atoms with Crippen molar-refractivity contribution in [3.8, 4) is 5.75 Å². The summed E-state index contributed by atoms with van der Waals surface area (Å²) < 4.78 is 12.4. The molecule has 1 aliphatic rings. The summed E-state index contributed by atoms with van der Waals surface area (Å²) in [5.41, 5.74) is 3.67. The zero-order chi connectivity index (χ0) is 21.6. The highest BCUT2D eigenvalue weighted by Gasteiger charge is 2.30. The third-order valence-corrected chi connectivity index (χ3v) is 5.82. The molecule has 1 atom stereocenters. The van der Waals surface area contributed by atoms with E-state index in [9.17, 15) is 0 Å². The third-order valence-electron chi connectivity index (χ3n) is 5.82. The van der Waals surface area contributed by atoms with E-state index in [0.29, 0.717) is 13.2 Å². The first-order chi connectivity index (χ1) is 15.2. The molecule has 0 radical (unpaired) electrons. The lowest BCUT2D eigenvalue weighted by Gasteiger charge is -2.40. The maximum Gasteiger partial charge on any atom is 0.173 e. The standard InChI is InChI=1S/C23H30N6O2/c1-18-4-6-19(7-5-18)22(23-24-25-26-29(23)16-17-30-2)28-14-12-27(13-15-28)20-8-10-21(31-3)11-9-20/h4-11,22H,12-17H2,1-3H3/t22-/m0/s1. The minimum absolute atomic E-state index is 0.00507. The lowest BCUT2D eigenvalue weighted by molar-refractivity contribution is 0.172. The quantitative estimate of drug-likeness (QED) is 0.553. The van der Waals surface area contributed by atoms with Crippen LogP contribution in [0, 0.1) is 6.92 Å². The van der Waals surface area contributed by atoms with Gasteiger partial charge in [-0.25, -0.2) is 4.68 Å². The fraction of sp³-hybridized carbons (Fsp3) is 0.435. The van der Waals surface area contributed by atoms with Gasteiger partial charge in [-0.2, -0.15) is 0 Å². The third kappa shape index (κ3) is 4.86. The summed E-state index contributed by atoms with van der Waals surface area (Å²) >= 11 is 0. The van der Waals surface area contributed by atoms with Crippen LogP contribution in [0.5, 0.6) is 5.75 Å². The predicted molar refractivity (Wildman–Crippen MR) is 119 cm³/mol. The van der Waals surface area contributed by atoms with E-state index in [1.54, 1.807) is 14.2 Å². The van der Waals surface area contributed by atoms with E-state index in [-0.39, 0.29) is 6.04 Å². The second-order valence-corrected chi connectivity index (χ2v) is 7.79. The summed E-state index contributed by atoms with van der Waals surface area (Å²) in [6, 6.07) is 17.0. The van der Waals surface area contributed by atoms with Gasteiger partial charge < -0.3 is 14.4 Å². The van der Waals surface area contributed by atoms with Gasteiger partial charge in [0.05, 0.1) is 26.3 Å². The van der Waals surface area contributed by atoms with Gasteiger partial charge in [0.15, 0.2) is 5.82 Å². The van der Waals surface area contributed by atoms with Crippen LogP contribution in [0.3, 0.4) is 0 Å². The second kappa shape index (κ2) is 9.89. The van der Waals surface area contributed by atoms with Crippen LogP contribution in [-0.2, 0) is 11.3 Å². The summed E-state index contributed by atoms with van der Waals surface area (Å²) in [4.78, 5) is 4.88. The Hall–Kier alpha value is -2.97. The molecule has 4 rings (SSSR count). The lowest BCUT2D eigenvalue weighted by Crippen LogP contribution is -2.48. The molecule has 8 nitrogen and oxygen atoms in total. The Morgan fingerprint density at radius 3 is 2.29 bits per heavy atom. The molecule has 3 aromatic rings. The molecule has 1 saturated heterocycles. The number of benzene rings is 2. The number of piperazine rings is 1. The van der Waals surface area contributed by atoms with Gasteiger partial charge in [0.25, 0.3) is 0 Å². The van der Waals surface area contributed by atoms with E-state index in [0.717, 1.165) is 37.8 Å². The van der Waals surface area contributed by atoms with Crippen molar-refractivity contribution in [3.05, 3.63) is 65.5 Å². The normalized spacial score (nSPS) is 15.8. The molecular weight excluding hydrogens is 392 g/mol. The number of hydrogen-bond donors (Lipinski definition) is 0. The molecule has 2 aromatic carbocycles. The highest BCUT2D eigenvalue weighted by molar-refractivity contribution is 5.49. The minimum Gasteiger partial charge on any atom is -0.497 e. The van der Waals surface area contributed by atoms with Gasteiger partial charge in [-0.15, -0.1) is 5.10 Å². The number of aryl methyl sites for hydroxylation is 1. The van der Waals surface area contributed by atoms with Crippen LogP contribution in [0.2, 0.25) is 0 Å². The molecule has 2 heterocycles. The number of aromatic nitrogens is 4. The molecular formula is C23H30N6O2. The minimum atomic E-state index is 0.00507. The Morgan fingerprint density at radius 2 is 1.65 bits per heavy atom. The van der Waals surface area contributed by atoms with Crippen molar-refractivity contribution in [3.63, 3.8) is 0 Å². The number of methoxy groups -OCH3 is 2. The van der Waals surface area contributed by atoms with Crippen LogP contribution in [-0.4, -0.2) is 72.1 Å². The summed E-state index contributed by atoms with van der Waals surface area (Å²) in [6.07, 6.45) is 0. The topological polar surface area (TPSA) is 68.5 Å². The van der Waals surface area contributed by atoms with E-state index >= 15 is 0 Å². The number of ether oxygens (including phenoxy) is 2. The number of tetrazole rings is 1. The first kappa shape index (κ1) is 21.3. The van der Waals surface area contributed by atoms with Crippen molar-refractivity contribution in [2.45, 2.75) is 19.5 Å². The van der Waals surface area contributed by atoms with Gasteiger partial charge in [0.2, 0.25) is 0 Å². The van der Waals surface area contributed by atoms with Crippen LogP contribution < -0.4 is 9.64 Å². The summed E-state index contributed by atoms with van der Waals surface area (Å²) in [6.45, 7) is 7.03. The van der Waals surface area contributed by atoms with Crippen molar-refractivity contribution in [1.82, 2.24) is 25.1 Å². The Kier molecular flexibility index (Phi) is 6.79. The first-order valence-electron chi connectivity index (χ1n) is 10.6. The fourth-order valence-electron chi connectivity index (χ4n) is 4.05. The predicted octanol–water partition coefficient (Wildman–Crippen LogP) is 2.55. The SMILES string of the molecule is COCCn1nnnc1[C@H](c1ccc(C)cc1)N1CCN(c2ccc(OC)cc2)CC1. The highest BCUT2D eigenvalue weighted by Crippen LogP contribution is 2.29. The molecule has 1 aliphatic heterocycles. The van der Waals surface area contributed by atoms with Gasteiger partial charge in [-0.1, -0.05) is 29.8 Å². The second-order valence-electron chi connectivity index (χ2n) is 7.79. The Labute approximate surface area is 183 Å². The number of anilines is 1. The molecule has 0 aliphatic carbocycles. The smallest absolute Gasteiger partial charge is 0.173 e. The molecule has 0 saturated carbocycles. The summed E-state index contributed by atoms with van der Waals surface area (Å²) in [7, 11) is 3.39. The molecule has 0 bridgehead atoms. The molecule has 8 heteroatoms. The van der Waals surface area contributed by atoms with Crippen LogP contribution >= 0.6 is 0 Å². The number of nitrogens with zero attached hydrogens (tertiary/aromatic N) is 6. The van der Waals surface area contributed by atoms with E-state index < -0.39 is 0 Å². The monoisotopic (exact) mass is 422 g/mol. The maximum absolute atomic E-state index is 5.29. The lowest BCUT2D eigenvalue weighted by atomic mass is 10.0. The zero-order valence-corrected chi connectivity index (χ0v) is 18.4. The van der Waals surface area contributed by atoms with Crippen LogP contribution in [0.4, 0.5) is 5.69 Å². The zero-order valence-electron chi connectivity index (χ0n) is 18.4. The average molecular weight is 423 g/mol. The average Bonchev–Trinajstić information content (AvgIpc) is 3.27. The van der Waals surface area contributed by atoms with Crippen molar-refractivity contribution in [2.75, 3.05) is 51.9 Å². The van der Waals surface area contributed by atoms with E-state index in [1.165, 1.54) is 16.8 Å². The van der Waals surface area contributed by atoms with E-state index in [1.807, 2.05) is 16.8 Å². The van der Waals surface area contributed by atoms with Gasteiger partial charge in [-0.3, -0.25) is 4.90 Å². The van der Waals surface area contributed by atoms with Crippen LogP contribution in [0.1, 0.15) is 23.0 Å². The van der Waals surface area contributed by atoms with Crippen molar-refractivity contribution < 1.29 is 9.47 Å². The summed E-state index contributed by atoms with van der Waals surface area (Å²) in [5, 5.41) is 12.6. The number of hydrogen-bond acceptors (Lipinski definition) is 7. The first-order valence-corrected chi connectivity index (χ1v) is 10.6. The van der Waals surface area contributed by atoms with Gasteiger partial charge in [0.1, 0.15) is 5.75 Å². The molecule has 0 amide bonds. The number of rotatable bonds is 8. The molecule has 0 N–H and O–H groups in total. The molecule has 31 heavy (non-hydrogen) atoms.